The molecule has 0 saturated heterocycles. The summed E-state index contributed by atoms with van der Waals surface area (Å²) in [4.78, 5) is 30.7. The molecule has 9 heteroatoms. The molecule has 4 rings (SSSR count). The second kappa shape index (κ2) is 9.92. The van der Waals surface area contributed by atoms with Crippen LogP contribution in [0.25, 0.3) is 0 Å². The van der Waals surface area contributed by atoms with Gasteiger partial charge in [0.1, 0.15) is 11.3 Å². The van der Waals surface area contributed by atoms with Gasteiger partial charge in [0.15, 0.2) is 11.5 Å². The van der Waals surface area contributed by atoms with Crippen LogP contribution in [-0.2, 0) is 22.5 Å². The quantitative estimate of drug-likeness (QED) is 0.517. The van der Waals surface area contributed by atoms with Gasteiger partial charge in [-0.3, -0.25) is 9.78 Å². The van der Waals surface area contributed by atoms with E-state index in [0.29, 0.717) is 47.0 Å². The van der Waals surface area contributed by atoms with Gasteiger partial charge in [0.05, 0.1) is 32.8 Å². The standard InChI is InChI=1S/C26H27N3O6/c1-15-12-20-22(21(17-6-5-10-28-14-17)23(24(27)35-20)26(31)34-4)25(30)29(15)11-9-16-7-8-18(32-2)19(13-16)33-3/h5-8,10,12-14,21H,9,11,27H2,1-4H3/t21-/m0/s1. The van der Waals surface area contributed by atoms with Crippen molar-refractivity contribution >= 4 is 5.97 Å². The summed E-state index contributed by atoms with van der Waals surface area (Å²) < 4.78 is 23.1. The number of benzene rings is 1. The third kappa shape index (κ3) is 4.44. The maximum Gasteiger partial charge on any atom is 0.340 e. The highest BCUT2D eigenvalue weighted by molar-refractivity contribution is 5.92. The zero-order valence-corrected chi connectivity index (χ0v) is 20.0. The SMILES string of the molecule is COC(=O)C1=C(N)Oc2cc(C)n(CCc3ccc(OC)c(OC)c3)c(=O)c2[C@@H]1c1cccnc1. The molecule has 1 aliphatic rings. The molecule has 3 aromatic rings. The first-order valence-corrected chi connectivity index (χ1v) is 11.0. The summed E-state index contributed by atoms with van der Waals surface area (Å²) in [6, 6.07) is 10.9. The minimum Gasteiger partial charge on any atom is -0.493 e. The van der Waals surface area contributed by atoms with Crippen molar-refractivity contribution < 1.29 is 23.7 Å². The molecule has 2 aromatic heterocycles. The molecule has 182 valence electrons. The van der Waals surface area contributed by atoms with E-state index in [0.717, 1.165) is 5.56 Å². The number of hydrogen-bond donors (Lipinski definition) is 1. The van der Waals surface area contributed by atoms with E-state index in [4.69, 9.17) is 24.7 Å². The lowest BCUT2D eigenvalue weighted by Gasteiger charge is -2.28. The molecule has 1 aliphatic heterocycles. The number of rotatable bonds is 7. The Labute approximate surface area is 202 Å². The lowest BCUT2D eigenvalue weighted by atomic mass is 9.84. The van der Waals surface area contributed by atoms with Gasteiger partial charge >= 0.3 is 5.97 Å². The van der Waals surface area contributed by atoms with E-state index in [9.17, 15) is 9.59 Å². The van der Waals surface area contributed by atoms with Crippen LogP contribution in [0.3, 0.4) is 0 Å². The molecular formula is C26H27N3O6. The first-order valence-electron chi connectivity index (χ1n) is 11.0. The molecule has 0 amide bonds. The number of nitrogens with two attached hydrogens (primary N) is 1. The van der Waals surface area contributed by atoms with Crippen LogP contribution in [-0.4, -0.2) is 36.8 Å². The maximum absolute atomic E-state index is 13.8. The van der Waals surface area contributed by atoms with Crippen LogP contribution in [0.4, 0.5) is 0 Å². The summed E-state index contributed by atoms with van der Waals surface area (Å²) in [6.45, 7) is 2.23. The number of carbonyl (C=O) groups is 1. The lowest BCUT2D eigenvalue weighted by molar-refractivity contribution is -0.136. The Morgan fingerprint density at radius 3 is 2.57 bits per heavy atom. The van der Waals surface area contributed by atoms with Crippen LogP contribution in [0, 0.1) is 6.92 Å². The Hall–Kier alpha value is -4.27. The zero-order valence-electron chi connectivity index (χ0n) is 20.0. The smallest absolute Gasteiger partial charge is 0.340 e. The third-order valence-electron chi connectivity index (χ3n) is 6.06. The molecule has 0 spiro atoms. The van der Waals surface area contributed by atoms with E-state index in [1.165, 1.54) is 7.11 Å². The monoisotopic (exact) mass is 477 g/mol. The van der Waals surface area contributed by atoms with E-state index >= 15 is 0 Å². The van der Waals surface area contributed by atoms with Crippen molar-refractivity contribution in [2.45, 2.75) is 25.8 Å². The molecule has 1 aromatic carbocycles. The number of carbonyl (C=O) groups excluding carboxylic acids is 1. The predicted molar refractivity (Wildman–Crippen MR) is 129 cm³/mol. The Kier molecular flexibility index (Phi) is 6.77. The molecule has 1 atom stereocenters. The number of hydrogen-bond acceptors (Lipinski definition) is 8. The average molecular weight is 478 g/mol. The predicted octanol–water partition coefficient (Wildman–Crippen LogP) is 2.68. The third-order valence-corrected chi connectivity index (χ3v) is 6.06. The molecule has 0 fully saturated rings. The highest BCUT2D eigenvalue weighted by Gasteiger charge is 2.38. The molecular weight excluding hydrogens is 450 g/mol. The first-order chi connectivity index (χ1) is 16.9. The maximum atomic E-state index is 13.8. The van der Waals surface area contributed by atoms with Gasteiger partial charge in [-0.15, -0.1) is 0 Å². The molecule has 2 N–H and O–H groups in total. The Morgan fingerprint density at radius 1 is 1.14 bits per heavy atom. The van der Waals surface area contributed by atoms with Crippen molar-refractivity contribution in [3.05, 3.63) is 93.0 Å². The second-order valence-electron chi connectivity index (χ2n) is 8.05. The topological polar surface area (TPSA) is 115 Å². The van der Waals surface area contributed by atoms with E-state index in [-0.39, 0.29) is 17.0 Å². The molecule has 3 heterocycles. The molecule has 0 bridgehead atoms. The van der Waals surface area contributed by atoms with Crippen LogP contribution in [0.5, 0.6) is 17.2 Å². The number of aromatic nitrogens is 2. The van der Waals surface area contributed by atoms with E-state index in [2.05, 4.69) is 4.98 Å². The second-order valence-corrected chi connectivity index (χ2v) is 8.05. The largest absolute Gasteiger partial charge is 0.493 e. The fourth-order valence-corrected chi connectivity index (χ4v) is 4.33. The van der Waals surface area contributed by atoms with Crippen molar-refractivity contribution in [2.24, 2.45) is 5.73 Å². The van der Waals surface area contributed by atoms with Crippen LogP contribution in [0.2, 0.25) is 0 Å². The lowest BCUT2D eigenvalue weighted by Crippen LogP contribution is -2.35. The highest BCUT2D eigenvalue weighted by Crippen LogP contribution is 2.41. The number of fused-ring (bicyclic) bond motifs is 1. The van der Waals surface area contributed by atoms with Gasteiger partial charge in [-0.2, -0.15) is 0 Å². The summed E-state index contributed by atoms with van der Waals surface area (Å²) in [6.07, 6.45) is 3.79. The van der Waals surface area contributed by atoms with Crippen LogP contribution in [0.1, 0.15) is 28.3 Å². The Bertz CT molecular complexity index is 1350. The average Bonchev–Trinajstić information content (AvgIpc) is 2.87. The van der Waals surface area contributed by atoms with Gasteiger partial charge < -0.3 is 29.2 Å². The molecule has 0 radical (unpaired) electrons. The molecule has 35 heavy (non-hydrogen) atoms. The van der Waals surface area contributed by atoms with Crippen molar-refractivity contribution in [3.63, 3.8) is 0 Å². The Balaban J connectivity index is 1.78. The first kappa shape index (κ1) is 23.9. The summed E-state index contributed by atoms with van der Waals surface area (Å²) in [5.74, 6) is 0.0237. The van der Waals surface area contributed by atoms with Crippen molar-refractivity contribution in [2.75, 3.05) is 21.3 Å². The van der Waals surface area contributed by atoms with Crippen LogP contribution < -0.4 is 25.5 Å². The van der Waals surface area contributed by atoms with E-state index < -0.39 is 11.9 Å². The summed E-state index contributed by atoms with van der Waals surface area (Å²) in [5.41, 5.74) is 8.55. The van der Waals surface area contributed by atoms with E-state index in [1.54, 1.807) is 49.4 Å². The van der Waals surface area contributed by atoms with Gasteiger partial charge in [-0.1, -0.05) is 12.1 Å². The van der Waals surface area contributed by atoms with Crippen molar-refractivity contribution in [3.8, 4) is 17.2 Å². The minimum atomic E-state index is -0.777. The van der Waals surface area contributed by atoms with Gasteiger partial charge in [-0.25, -0.2) is 4.79 Å². The number of aryl methyl sites for hydroxylation is 2. The molecule has 0 aliphatic carbocycles. The number of esters is 1. The number of ether oxygens (including phenoxy) is 4. The number of methoxy groups -OCH3 is 3. The highest BCUT2D eigenvalue weighted by atomic mass is 16.5. The van der Waals surface area contributed by atoms with Gasteiger partial charge in [0.2, 0.25) is 5.88 Å². The van der Waals surface area contributed by atoms with E-state index in [1.807, 2.05) is 25.1 Å². The normalized spacial score (nSPS) is 14.7. The van der Waals surface area contributed by atoms with Gasteiger partial charge in [-0.05, 0) is 42.7 Å². The fourth-order valence-electron chi connectivity index (χ4n) is 4.33. The molecule has 0 unspecified atom stereocenters. The summed E-state index contributed by atoms with van der Waals surface area (Å²) >= 11 is 0. The van der Waals surface area contributed by atoms with Crippen LogP contribution in [0.15, 0.2) is 65.0 Å². The summed E-state index contributed by atoms with van der Waals surface area (Å²) in [5, 5.41) is 0. The number of pyridine rings is 2. The van der Waals surface area contributed by atoms with Crippen LogP contribution >= 0.6 is 0 Å². The van der Waals surface area contributed by atoms with Gasteiger partial charge in [0.25, 0.3) is 5.56 Å². The minimum absolute atomic E-state index is 0.0698. The van der Waals surface area contributed by atoms with Gasteiger partial charge in [0, 0.05) is 30.7 Å². The Morgan fingerprint density at radius 2 is 1.91 bits per heavy atom. The molecule has 9 nitrogen and oxygen atoms in total. The number of nitrogens with zero attached hydrogens (tertiary/aromatic N) is 2. The molecule has 0 saturated carbocycles. The summed E-state index contributed by atoms with van der Waals surface area (Å²) in [7, 11) is 4.42. The zero-order chi connectivity index (χ0) is 25.1. The van der Waals surface area contributed by atoms with Crippen molar-refractivity contribution in [1.29, 1.82) is 0 Å². The van der Waals surface area contributed by atoms with Crippen molar-refractivity contribution in [1.82, 2.24) is 9.55 Å². The fraction of sp³-hybridized carbons (Fsp3) is 0.269.